The van der Waals surface area contributed by atoms with E-state index in [4.69, 9.17) is 4.74 Å². The number of ketones is 1. The van der Waals surface area contributed by atoms with Crippen LogP contribution in [0, 0.1) is 0 Å². The second-order valence-corrected chi connectivity index (χ2v) is 6.74. The molecule has 2 aromatic rings. The van der Waals surface area contributed by atoms with Crippen LogP contribution in [0.15, 0.2) is 48.5 Å². The lowest BCUT2D eigenvalue weighted by molar-refractivity contribution is -0.121. The highest BCUT2D eigenvalue weighted by molar-refractivity contribution is 8.00. The fraction of sp³-hybridized carbons (Fsp3) is 0.211. The van der Waals surface area contributed by atoms with Crippen LogP contribution in [-0.4, -0.2) is 42.8 Å². The number of carbonyl (C=O) groups is 3. The SMILES string of the molecule is CN1C(=O)COc2ccc(C(=O)CSCC(=O)Nc3ccccc3)cc21. The van der Waals surface area contributed by atoms with Crippen LogP contribution >= 0.6 is 11.8 Å². The molecular weight excluding hydrogens is 352 g/mol. The van der Waals surface area contributed by atoms with E-state index in [9.17, 15) is 14.4 Å². The van der Waals surface area contributed by atoms with Gasteiger partial charge in [0.25, 0.3) is 5.91 Å². The summed E-state index contributed by atoms with van der Waals surface area (Å²) >= 11 is 1.25. The molecule has 1 aliphatic rings. The molecule has 0 unspecified atom stereocenters. The van der Waals surface area contributed by atoms with Crippen molar-refractivity contribution < 1.29 is 19.1 Å². The molecule has 1 aliphatic heterocycles. The molecule has 2 aromatic carbocycles. The second-order valence-electron chi connectivity index (χ2n) is 5.75. The van der Waals surface area contributed by atoms with E-state index in [1.165, 1.54) is 16.7 Å². The van der Waals surface area contributed by atoms with Crippen molar-refractivity contribution in [2.45, 2.75) is 0 Å². The molecule has 0 bridgehead atoms. The van der Waals surface area contributed by atoms with Gasteiger partial charge in [-0.05, 0) is 30.3 Å². The summed E-state index contributed by atoms with van der Waals surface area (Å²) in [6.45, 7) is 0.00315. The number of rotatable bonds is 6. The first kappa shape index (κ1) is 18.0. The van der Waals surface area contributed by atoms with E-state index in [0.717, 1.165) is 5.69 Å². The Labute approximate surface area is 155 Å². The number of carbonyl (C=O) groups excluding carboxylic acids is 3. The van der Waals surface area contributed by atoms with E-state index in [1.807, 2.05) is 18.2 Å². The maximum Gasteiger partial charge on any atom is 0.264 e. The highest BCUT2D eigenvalue weighted by Gasteiger charge is 2.23. The highest BCUT2D eigenvalue weighted by Crippen LogP contribution is 2.32. The number of hydrogen-bond donors (Lipinski definition) is 1. The lowest BCUT2D eigenvalue weighted by atomic mass is 10.1. The van der Waals surface area contributed by atoms with Crippen molar-refractivity contribution in [1.29, 1.82) is 0 Å². The Morgan fingerprint density at radius 1 is 1.15 bits per heavy atom. The van der Waals surface area contributed by atoms with Gasteiger partial charge in [0.1, 0.15) is 5.75 Å². The molecule has 0 radical (unpaired) electrons. The summed E-state index contributed by atoms with van der Waals surface area (Å²) in [4.78, 5) is 37.4. The third-order valence-corrected chi connectivity index (χ3v) is 4.82. The molecule has 0 saturated heterocycles. The van der Waals surface area contributed by atoms with Crippen molar-refractivity contribution >= 4 is 40.7 Å². The Bertz CT molecular complexity index is 839. The fourth-order valence-electron chi connectivity index (χ4n) is 2.48. The number of nitrogens with zero attached hydrogens (tertiary/aromatic N) is 1. The first-order valence-electron chi connectivity index (χ1n) is 8.04. The fourth-order valence-corrected chi connectivity index (χ4v) is 3.20. The largest absolute Gasteiger partial charge is 0.482 e. The molecule has 0 fully saturated rings. The zero-order valence-electron chi connectivity index (χ0n) is 14.2. The van der Waals surface area contributed by atoms with Crippen LogP contribution in [-0.2, 0) is 9.59 Å². The molecule has 1 N–H and O–H groups in total. The predicted molar refractivity (Wildman–Crippen MR) is 102 cm³/mol. The van der Waals surface area contributed by atoms with Crippen LogP contribution < -0.4 is 15.0 Å². The van der Waals surface area contributed by atoms with Gasteiger partial charge in [-0.25, -0.2) is 0 Å². The Morgan fingerprint density at radius 3 is 2.69 bits per heavy atom. The van der Waals surface area contributed by atoms with Gasteiger partial charge in [-0.15, -0.1) is 11.8 Å². The van der Waals surface area contributed by atoms with Crippen molar-refractivity contribution in [3.05, 3.63) is 54.1 Å². The van der Waals surface area contributed by atoms with Crippen molar-refractivity contribution in [2.75, 3.05) is 35.4 Å². The second kappa shape index (κ2) is 8.05. The maximum atomic E-state index is 12.4. The normalized spacial score (nSPS) is 13.0. The monoisotopic (exact) mass is 370 g/mol. The summed E-state index contributed by atoms with van der Waals surface area (Å²) in [6, 6.07) is 14.2. The Kier molecular flexibility index (Phi) is 5.58. The van der Waals surface area contributed by atoms with Gasteiger partial charge in [0.15, 0.2) is 12.4 Å². The van der Waals surface area contributed by atoms with Crippen LogP contribution in [0.5, 0.6) is 5.75 Å². The van der Waals surface area contributed by atoms with Gasteiger partial charge in [-0.3, -0.25) is 14.4 Å². The van der Waals surface area contributed by atoms with E-state index in [1.54, 1.807) is 37.4 Å². The first-order valence-corrected chi connectivity index (χ1v) is 9.19. The quantitative estimate of drug-likeness (QED) is 0.791. The lowest BCUT2D eigenvalue weighted by Crippen LogP contribution is -2.35. The topological polar surface area (TPSA) is 75.7 Å². The Balaban J connectivity index is 1.54. The van der Waals surface area contributed by atoms with Crippen molar-refractivity contribution in [2.24, 2.45) is 0 Å². The smallest absolute Gasteiger partial charge is 0.264 e. The average molecular weight is 370 g/mol. The van der Waals surface area contributed by atoms with Crippen molar-refractivity contribution in [3.63, 3.8) is 0 Å². The molecule has 0 aromatic heterocycles. The number of amides is 2. The van der Waals surface area contributed by atoms with Crippen LogP contribution in [0.1, 0.15) is 10.4 Å². The molecule has 0 aliphatic carbocycles. The number of para-hydroxylation sites is 1. The summed E-state index contributed by atoms with van der Waals surface area (Å²) in [6.07, 6.45) is 0. The number of ether oxygens (including phenoxy) is 1. The molecule has 0 saturated carbocycles. The standard InChI is InChI=1S/C19H18N2O4S/c1-21-15-9-13(7-8-17(15)25-10-19(21)24)16(22)11-26-12-18(23)20-14-5-3-2-4-6-14/h2-9H,10-12H2,1H3,(H,20,23). The Morgan fingerprint density at radius 2 is 1.92 bits per heavy atom. The number of anilines is 2. The molecule has 26 heavy (non-hydrogen) atoms. The number of nitrogens with one attached hydrogen (secondary N) is 1. The number of hydrogen-bond acceptors (Lipinski definition) is 5. The van der Waals surface area contributed by atoms with Gasteiger partial charge < -0.3 is 15.0 Å². The van der Waals surface area contributed by atoms with E-state index in [2.05, 4.69) is 5.32 Å². The van der Waals surface area contributed by atoms with E-state index in [-0.39, 0.29) is 35.7 Å². The number of thioether (sulfide) groups is 1. The number of Topliss-reactive ketones (excluding diaryl/α,β-unsaturated/α-hetero) is 1. The zero-order valence-corrected chi connectivity index (χ0v) is 15.0. The summed E-state index contributed by atoms with van der Waals surface area (Å²) in [5, 5.41) is 2.78. The van der Waals surface area contributed by atoms with Crippen molar-refractivity contribution in [1.82, 2.24) is 0 Å². The maximum absolute atomic E-state index is 12.4. The van der Waals surface area contributed by atoms with Crippen LogP contribution in [0.25, 0.3) is 0 Å². The zero-order chi connectivity index (χ0) is 18.5. The molecule has 134 valence electrons. The van der Waals surface area contributed by atoms with Gasteiger partial charge in [-0.2, -0.15) is 0 Å². The van der Waals surface area contributed by atoms with E-state index in [0.29, 0.717) is 17.0 Å². The molecule has 7 heteroatoms. The first-order chi connectivity index (χ1) is 12.5. The van der Waals surface area contributed by atoms with Crippen molar-refractivity contribution in [3.8, 4) is 5.75 Å². The summed E-state index contributed by atoms with van der Waals surface area (Å²) in [5.74, 6) is 0.537. The predicted octanol–water partition coefficient (Wildman–Crippen LogP) is 2.60. The molecular formula is C19H18N2O4S. The van der Waals surface area contributed by atoms with Crippen LogP contribution in [0.2, 0.25) is 0 Å². The molecule has 1 heterocycles. The van der Waals surface area contributed by atoms with Gasteiger partial charge in [0.05, 0.1) is 17.2 Å². The minimum atomic E-state index is -0.158. The highest BCUT2D eigenvalue weighted by atomic mass is 32.2. The van der Waals surface area contributed by atoms with E-state index < -0.39 is 0 Å². The number of likely N-dealkylation sites (N-methyl/N-ethyl adjacent to an activating group) is 1. The molecule has 6 nitrogen and oxygen atoms in total. The summed E-state index contributed by atoms with van der Waals surface area (Å²) in [7, 11) is 1.65. The number of benzene rings is 2. The van der Waals surface area contributed by atoms with Gasteiger partial charge in [0, 0.05) is 18.3 Å². The third-order valence-electron chi connectivity index (χ3n) is 3.89. The molecule has 0 atom stereocenters. The minimum absolute atomic E-state index is 0.00315. The van der Waals surface area contributed by atoms with Gasteiger partial charge in [-0.1, -0.05) is 18.2 Å². The summed E-state index contributed by atoms with van der Waals surface area (Å²) < 4.78 is 5.35. The van der Waals surface area contributed by atoms with E-state index >= 15 is 0 Å². The molecule has 2 amide bonds. The van der Waals surface area contributed by atoms with Gasteiger partial charge >= 0.3 is 0 Å². The third kappa shape index (κ3) is 4.23. The molecule has 3 rings (SSSR count). The molecule has 0 spiro atoms. The minimum Gasteiger partial charge on any atom is -0.482 e. The average Bonchev–Trinajstić information content (AvgIpc) is 2.65. The summed E-state index contributed by atoms with van der Waals surface area (Å²) in [5.41, 5.74) is 1.80. The lowest BCUT2D eigenvalue weighted by Gasteiger charge is -2.26. The number of fused-ring (bicyclic) bond motifs is 1. The van der Waals surface area contributed by atoms with Crippen LogP contribution in [0.3, 0.4) is 0 Å². The van der Waals surface area contributed by atoms with Gasteiger partial charge in [0.2, 0.25) is 5.91 Å². The Hall–Kier alpha value is -2.80. The van der Waals surface area contributed by atoms with Crippen LogP contribution in [0.4, 0.5) is 11.4 Å².